The van der Waals surface area contributed by atoms with Gasteiger partial charge in [-0.05, 0) is 30.5 Å². The molecule has 1 aliphatic heterocycles. The van der Waals surface area contributed by atoms with E-state index in [0.29, 0.717) is 29.7 Å². The van der Waals surface area contributed by atoms with Gasteiger partial charge < -0.3 is 14.6 Å². The number of nitrogens with zero attached hydrogens (tertiary/aromatic N) is 1. The number of fused-ring (bicyclic) bond motifs is 3. The van der Waals surface area contributed by atoms with Crippen molar-refractivity contribution in [3.8, 4) is 0 Å². The van der Waals surface area contributed by atoms with Crippen molar-refractivity contribution in [1.82, 2.24) is 9.88 Å². The normalized spacial score (nSPS) is 14.7. The summed E-state index contributed by atoms with van der Waals surface area (Å²) >= 11 is 12.2. The van der Waals surface area contributed by atoms with Crippen molar-refractivity contribution in [1.29, 1.82) is 0 Å². The summed E-state index contributed by atoms with van der Waals surface area (Å²) in [6, 6.07) is 3.77. The Morgan fingerprint density at radius 2 is 2.00 bits per heavy atom. The Bertz CT molecular complexity index is 727. The molecule has 0 saturated heterocycles. The highest BCUT2D eigenvalue weighted by atomic mass is 35.5. The third kappa shape index (κ3) is 3.43. The van der Waals surface area contributed by atoms with Crippen LogP contribution < -0.4 is 0 Å². The second-order valence-electron chi connectivity index (χ2n) is 5.85. The molecule has 1 aliphatic rings. The Morgan fingerprint density at radius 1 is 1.26 bits per heavy atom. The van der Waals surface area contributed by atoms with E-state index in [1.54, 1.807) is 4.90 Å². The van der Waals surface area contributed by atoms with Crippen LogP contribution >= 0.6 is 23.2 Å². The van der Waals surface area contributed by atoms with Crippen LogP contribution in [0.15, 0.2) is 12.1 Å². The van der Waals surface area contributed by atoms with E-state index in [-0.39, 0.29) is 6.09 Å². The highest BCUT2D eigenvalue weighted by Gasteiger charge is 2.22. The molecule has 0 atom stereocenters. The van der Waals surface area contributed by atoms with Crippen LogP contribution in [0, 0.1) is 0 Å². The van der Waals surface area contributed by atoms with Gasteiger partial charge in [-0.3, -0.25) is 0 Å². The maximum absolute atomic E-state index is 12.1. The second kappa shape index (κ2) is 7.02. The van der Waals surface area contributed by atoms with Gasteiger partial charge in [0.25, 0.3) is 0 Å². The predicted octanol–water partition coefficient (Wildman–Crippen LogP) is 4.81. The number of hydrogen-bond acceptors (Lipinski definition) is 2. The van der Waals surface area contributed by atoms with Crippen molar-refractivity contribution in [2.45, 2.75) is 32.6 Å². The van der Waals surface area contributed by atoms with Crippen LogP contribution in [-0.2, 0) is 17.6 Å². The molecule has 0 spiro atoms. The van der Waals surface area contributed by atoms with Crippen LogP contribution in [0.25, 0.3) is 10.9 Å². The fraction of sp³-hybridized carbons (Fsp3) is 0.471. The summed E-state index contributed by atoms with van der Waals surface area (Å²) in [5.74, 6) is 0. The van der Waals surface area contributed by atoms with Crippen LogP contribution in [0.3, 0.4) is 0 Å². The summed E-state index contributed by atoms with van der Waals surface area (Å²) in [6.07, 6.45) is 3.28. The maximum Gasteiger partial charge on any atom is 0.409 e. The number of benzene rings is 1. The number of H-pyrrole nitrogens is 1. The van der Waals surface area contributed by atoms with E-state index in [1.165, 1.54) is 5.56 Å². The first-order valence-corrected chi connectivity index (χ1v) is 8.76. The van der Waals surface area contributed by atoms with E-state index >= 15 is 0 Å². The van der Waals surface area contributed by atoms with E-state index in [4.69, 9.17) is 27.9 Å². The van der Waals surface area contributed by atoms with Crippen LogP contribution in [0.4, 0.5) is 4.79 Å². The number of aromatic nitrogens is 1. The zero-order chi connectivity index (χ0) is 16.4. The minimum Gasteiger partial charge on any atom is -0.449 e. The molecule has 0 saturated carbocycles. The molecule has 0 bridgehead atoms. The van der Waals surface area contributed by atoms with Crippen LogP contribution in [-0.4, -0.2) is 35.7 Å². The number of nitrogens with one attached hydrogen (secondary N) is 1. The number of rotatable bonds is 3. The lowest BCUT2D eigenvalue weighted by Crippen LogP contribution is -2.34. The number of amides is 1. The molecule has 124 valence electrons. The van der Waals surface area contributed by atoms with Gasteiger partial charge in [0.1, 0.15) is 0 Å². The standard InChI is InChI=1S/C17H20Cl2N2O2/c1-2-3-8-23-17(22)21-6-4-11-12-9-13(18)14(19)10-16(12)20-15(11)5-7-21/h9-10,20H,2-8H2,1H3. The highest BCUT2D eigenvalue weighted by molar-refractivity contribution is 6.42. The van der Waals surface area contributed by atoms with Gasteiger partial charge in [0.05, 0.1) is 16.7 Å². The summed E-state index contributed by atoms with van der Waals surface area (Å²) in [5, 5.41) is 2.20. The SMILES string of the molecule is CCCCOC(=O)N1CCc2[nH]c3cc(Cl)c(Cl)cc3c2CC1. The quantitative estimate of drug-likeness (QED) is 0.803. The molecule has 2 heterocycles. The first-order chi connectivity index (χ1) is 11.1. The smallest absolute Gasteiger partial charge is 0.409 e. The zero-order valence-corrected chi connectivity index (χ0v) is 14.6. The molecule has 1 N–H and O–H groups in total. The fourth-order valence-electron chi connectivity index (χ4n) is 2.98. The third-order valence-electron chi connectivity index (χ3n) is 4.28. The molecule has 2 aromatic rings. The van der Waals surface area contributed by atoms with E-state index in [0.717, 1.165) is 42.3 Å². The van der Waals surface area contributed by atoms with E-state index in [2.05, 4.69) is 11.9 Å². The molecule has 0 aliphatic carbocycles. The van der Waals surface area contributed by atoms with E-state index in [9.17, 15) is 4.79 Å². The molecule has 0 radical (unpaired) electrons. The molecule has 0 fully saturated rings. The van der Waals surface area contributed by atoms with E-state index in [1.807, 2.05) is 12.1 Å². The van der Waals surface area contributed by atoms with Crippen molar-refractivity contribution in [2.24, 2.45) is 0 Å². The topological polar surface area (TPSA) is 45.3 Å². The van der Waals surface area contributed by atoms with Gasteiger partial charge in [-0.1, -0.05) is 36.5 Å². The lowest BCUT2D eigenvalue weighted by molar-refractivity contribution is 0.103. The monoisotopic (exact) mass is 354 g/mol. The summed E-state index contributed by atoms with van der Waals surface area (Å²) in [6.45, 7) is 3.89. The summed E-state index contributed by atoms with van der Waals surface area (Å²) in [7, 11) is 0. The van der Waals surface area contributed by atoms with Gasteiger partial charge in [-0.15, -0.1) is 0 Å². The number of carbonyl (C=O) groups is 1. The van der Waals surface area contributed by atoms with Crippen molar-refractivity contribution in [3.63, 3.8) is 0 Å². The van der Waals surface area contributed by atoms with Gasteiger partial charge >= 0.3 is 6.09 Å². The van der Waals surface area contributed by atoms with Crippen LogP contribution in [0.2, 0.25) is 10.0 Å². The summed E-state index contributed by atoms with van der Waals surface area (Å²) in [5.41, 5.74) is 3.38. The van der Waals surface area contributed by atoms with E-state index < -0.39 is 0 Å². The Balaban J connectivity index is 1.76. The molecular weight excluding hydrogens is 335 g/mol. The Morgan fingerprint density at radius 3 is 2.78 bits per heavy atom. The minimum absolute atomic E-state index is 0.214. The lowest BCUT2D eigenvalue weighted by Gasteiger charge is -2.19. The first kappa shape index (κ1) is 16.5. The largest absolute Gasteiger partial charge is 0.449 e. The summed E-state index contributed by atoms with van der Waals surface area (Å²) < 4.78 is 5.31. The fourth-order valence-corrected chi connectivity index (χ4v) is 3.31. The van der Waals surface area contributed by atoms with Crippen molar-refractivity contribution < 1.29 is 9.53 Å². The molecule has 1 amide bonds. The lowest BCUT2D eigenvalue weighted by atomic mass is 10.1. The Labute approximate surface area is 145 Å². The van der Waals surface area contributed by atoms with Gasteiger partial charge in [0.15, 0.2) is 0 Å². The molecule has 1 aromatic carbocycles. The molecule has 23 heavy (non-hydrogen) atoms. The van der Waals surface area contributed by atoms with Gasteiger partial charge in [-0.2, -0.15) is 0 Å². The number of halogens is 2. The molecular formula is C17H20Cl2N2O2. The van der Waals surface area contributed by atoms with Gasteiger partial charge in [-0.25, -0.2) is 4.79 Å². The summed E-state index contributed by atoms with van der Waals surface area (Å²) in [4.78, 5) is 17.3. The number of carbonyl (C=O) groups excluding carboxylic acids is 1. The average molecular weight is 355 g/mol. The molecule has 3 rings (SSSR count). The molecule has 6 heteroatoms. The molecule has 0 unspecified atom stereocenters. The van der Waals surface area contributed by atoms with Crippen LogP contribution in [0.1, 0.15) is 31.0 Å². The Kier molecular flexibility index (Phi) is 5.02. The second-order valence-corrected chi connectivity index (χ2v) is 6.66. The van der Waals surface area contributed by atoms with Crippen molar-refractivity contribution in [3.05, 3.63) is 33.4 Å². The number of ether oxygens (including phenoxy) is 1. The number of hydrogen-bond donors (Lipinski definition) is 1. The third-order valence-corrected chi connectivity index (χ3v) is 5.00. The minimum atomic E-state index is -0.214. The van der Waals surface area contributed by atoms with Gasteiger partial charge in [0.2, 0.25) is 0 Å². The first-order valence-electron chi connectivity index (χ1n) is 8.00. The zero-order valence-electron chi connectivity index (χ0n) is 13.1. The predicted molar refractivity (Wildman–Crippen MR) is 93.6 cm³/mol. The van der Waals surface area contributed by atoms with Crippen molar-refractivity contribution in [2.75, 3.05) is 19.7 Å². The van der Waals surface area contributed by atoms with Gasteiger partial charge in [0, 0.05) is 36.1 Å². The molecule has 4 nitrogen and oxygen atoms in total. The Hall–Kier alpha value is -1.39. The average Bonchev–Trinajstić information content (AvgIpc) is 2.72. The number of unbranched alkanes of at least 4 members (excludes halogenated alkanes) is 1. The van der Waals surface area contributed by atoms with Crippen molar-refractivity contribution >= 4 is 40.2 Å². The van der Waals surface area contributed by atoms with Crippen LogP contribution in [0.5, 0.6) is 0 Å². The highest BCUT2D eigenvalue weighted by Crippen LogP contribution is 2.32. The number of aromatic amines is 1. The molecule has 1 aromatic heterocycles. The maximum atomic E-state index is 12.1.